The largest absolute Gasteiger partial charge is 0.494 e. The number of amides is 1. The number of thiocarbonyl (C=S) groups is 1. The molecule has 1 amide bonds. The zero-order chi connectivity index (χ0) is 26.9. The molecule has 3 aromatic heterocycles. The first kappa shape index (κ1) is 25.5. The Labute approximate surface area is 227 Å². The highest BCUT2D eigenvalue weighted by molar-refractivity contribution is 7.80. The van der Waals surface area contributed by atoms with Gasteiger partial charge in [0.1, 0.15) is 17.6 Å². The van der Waals surface area contributed by atoms with E-state index >= 15 is 0 Å². The van der Waals surface area contributed by atoms with E-state index in [1.54, 1.807) is 19.6 Å². The van der Waals surface area contributed by atoms with Crippen LogP contribution in [0, 0.1) is 5.41 Å². The van der Waals surface area contributed by atoms with Gasteiger partial charge in [-0.05, 0) is 60.7 Å². The molecule has 0 spiro atoms. The SMILES string of the molecule is COc1cc(N2C(=S)N[C@H](c3ccccn3)[C@H]2c2cccn2Cc2ccco2)ccc1NC(=O)C(C)(C)C. The van der Waals surface area contributed by atoms with Gasteiger partial charge in [-0.1, -0.05) is 26.8 Å². The Bertz CT molecular complexity index is 1430. The first-order valence-electron chi connectivity index (χ1n) is 12.4. The average molecular weight is 530 g/mol. The third-order valence-corrected chi connectivity index (χ3v) is 6.88. The average Bonchev–Trinajstić information content (AvgIpc) is 3.65. The Morgan fingerprint density at radius 3 is 2.68 bits per heavy atom. The van der Waals surface area contributed by atoms with Crippen molar-refractivity contribution in [2.75, 3.05) is 17.3 Å². The molecule has 1 fully saturated rings. The summed E-state index contributed by atoms with van der Waals surface area (Å²) in [6, 6.07) is 19.2. The Balaban J connectivity index is 1.56. The number of nitrogens with one attached hydrogen (secondary N) is 2. The highest BCUT2D eigenvalue weighted by Crippen LogP contribution is 2.43. The molecule has 2 N–H and O–H groups in total. The summed E-state index contributed by atoms with van der Waals surface area (Å²) in [5.74, 6) is 1.32. The van der Waals surface area contributed by atoms with Crippen LogP contribution < -0.4 is 20.3 Å². The summed E-state index contributed by atoms with van der Waals surface area (Å²) in [4.78, 5) is 19.4. The number of anilines is 2. The van der Waals surface area contributed by atoms with Gasteiger partial charge in [0.15, 0.2) is 5.11 Å². The van der Waals surface area contributed by atoms with E-state index in [2.05, 4.69) is 31.2 Å². The van der Waals surface area contributed by atoms with Crippen LogP contribution in [0.5, 0.6) is 5.75 Å². The van der Waals surface area contributed by atoms with Gasteiger partial charge in [0, 0.05) is 35.3 Å². The maximum atomic E-state index is 12.6. The smallest absolute Gasteiger partial charge is 0.229 e. The fourth-order valence-electron chi connectivity index (χ4n) is 4.59. The number of hydrogen-bond acceptors (Lipinski definition) is 5. The van der Waals surface area contributed by atoms with Crippen LogP contribution in [0.25, 0.3) is 0 Å². The minimum atomic E-state index is -0.537. The molecule has 4 heterocycles. The van der Waals surface area contributed by atoms with Gasteiger partial charge in [-0.15, -0.1) is 0 Å². The van der Waals surface area contributed by atoms with E-state index in [9.17, 15) is 4.79 Å². The van der Waals surface area contributed by atoms with Crippen LogP contribution in [-0.4, -0.2) is 27.7 Å². The Hall–Kier alpha value is -4.11. The fourth-order valence-corrected chi connectivity index (χ4v) is 4.93. The molecule has 0 saturated carbocycles. The normalized spacial score (nSPS) is 17.4. The molecule has 5 rings (SSSR count). The van der Waals surface area contributed by atoms with Crippen LogP contribution in [-0.2, 0) is 11.3 Å². The number of benzene rings is 1. The molecule has 1 aliphatic heterocycles. The lowest BCUT2D eigenvalue weighted by Gasteiger charge is -2.29. The summed E-state index contributed by atoms with van der Waals surface area (Å²) in [5.41, 5.74) is 2.84. The number of carbonyl (C=O) groups excluding carboxylic acids is 1. The minimum absolute atomic E-state index is 0.0919. The fraction of sp³-hybridized carbons (Fsp3) is 0.276. The molecule has 38 heavy (non-hydrogen) atoms. The van der Waals surface area contributed by atoms with E-state index in [1.807, 2.05) is 81.6 Å². The van der Waals surface area contributed by atoms with E-state index in [0.717, 1.165) is 22.8 Å². The molecule has 0 bridgehead atoms. The summed E-state index contributed by atoms with van der Waals surface area (Å²) in [6.07, 6.45) is 5.51. The molecule has 1 aromatic carbocycles. The predicted molar refractivity (Wildman–Crippen MR) is 151 cm³/mol. The summed E-state index contributed by atoms with van der Waals surface area (Å²) < 4.78 is 13.5. The molecule has 8 nitrogen and oxygen atoms in total. The Kier molecular flexibility index (Phi) is 6.94. The third-order valence-electron chi connectivity index (χ3n) is 6.56. The zero-order valence-corrected chi connectivity index (χ0v) is 22.7. The van der Waals surface area contributed by atoms with Gasteiger partial charge in [-0.3, -0.25) is 9.78 Å². The molecule has 4 aromatic rings. The molecule has 2 atom stereocenters. The quantitative estimate of drug-likeness (QED) is 0.297. The lowest BCUT2D eigenvalue weighted by atomic mass is 9.95. The van der Waals surface area contributed by atoms with Crippen LogP contribution in [0.15, 0.2) is 83.7 Å². The number of aromatic nitrogens is 2. The van der Waals surface area contributed by atoms with E-state index in [1.165, 1.54) is 0 Å². The lowest BCUT2D eigenvalue weighted by Crippen LogP contribution is -2.31. The van der Waals surface area contributed by atoms with Crippen LogP contribution in [0.2, 0.25) is 0 Å². The van der Waals surface area contributed by atoms with Gasteiger partial charge in [0.25, 0.3) is 0 Å². The van der Waals surface area contributed by atoms with Crippen molar-refractivity contribution in [3.63, 3.8) is 0 Å². The van der Waals surface area contributed by atoms with Crippen molar-refractivity contribution in [2.45, 2.75) is 39.4 Å². The van der Waals surface area contributed by atoms with Crippen molar-refractivity contribution < 1.29 is 13.9 Å². The maximum Gasteiger partial charge on any atom is 0.229 e. The van der Waals surface area contributed by atoms with Crippen molar-refractivity contribution in [3.8, 4) is 5.75 Å². The monoisotopic (exact) mass is 529 g/mol. The van der Waals surface area contributed by atoms with Crippen molar-refractivity contribution in [2.24, 2.45) is 5.41 Å². The van der Waals surface area contributed by atoms with E-state index in [-0.39, 0.29) is 18.0 Å². The van der Waals surface area contributed by atoms with E-state index < -0.39 is 5.41 Å². The molecule has 0 aliphatic carbocycles. The van der Waals surface area contributed by atoms with Crippen molar-refractivity contribution in [1.29, 1.82) is 0 Å². The van der Waals surface area contributed by atoms with Crippen LogP contribution >= 0.6 is 12.2 Å². The highest BCUT2D eigenvalue weighted by atomic mass is 32.1. The summed E-state index contributed by atoms with van der Waals surface area (Å²) >= 11 is 5.89. The summed E-state index contributed by atoms with van der Waals surface area (Å²) in [6.45, 7) is 6.20. The summed E-state index contributed by atoms with van der Waals surface area (Å²) in [5, 5.41) is 7.05. The molecular weight excluding hydrogens is 498 g/mol. The molecule has 0 radical (unpaired) electrons. The standard InChI is InChI=1S/C29H31N5O3S/c1-29(2,3)27(35)31-21-13-12-19(17-24(21)36-4)34-26(25(32-28(34)38)22-10-5-6-14-30-22)23-11-7-15-33(23)18-20-9-8-16-37-20/h5-17,25-26H,18H2,1-4H3,(H,31,35)(H,32,38)/t25-,26-/m1/s1. The first-order valence-corrected chi connectivity index (χ1v) is 12.8. The first-order chi connectivity index (χ1) is 18.3. The molecular formula is C29H31N5O3S. The van der Waals surface area contributed by atoms with Gasteiger partial charge in [-0.2, -0.15) is 0 Å². The minimum Gasteiger partial charge on any atom is -0.494 e. The van der Waals surface area contributed by atoms with Crippen LogP contribution in [0.4, 0.5) is 11.4 Å². The topological polar surface area (TPSA) is 84.6 Å². The van der Waals surface area contributed by atoms with Gasteiger partial charge < -0.3 is 29.3 Å². The maximum absolute atomic E-state index is 12.6. The number of rotatable bonds is 7. The lowest BCUT2D eigenvalue weighted by molar-refractivity contribution is -0.123. The van der Waals surface area contributed by atoms with E-state index in [0.29, 0.717) is 23.1 Å². The molecule has 9 heteroatoms. The molecule has 0 unspecified atom stereocenters. The predicted octanol–water partition coefficient (Wildman–Crippen LogP) is 5.69. The number of methoxy groups -OCH3 is 1. The van der Waals surface area contributed by atoms with Gasteiger partial charge in [-0.25, -0.2) is 0 Å². The highest BCUT2D eigenvalue weighted by Gasteiger charge is 2.42. The number of furan rings is 1. The second-order valence-corrected chi connectivity index (χ2v) is 10.6. The number of hydrogen-bond donors (Lipinski definition) is 2. The number of carbonyl (C=O) groups is 1. The second kappa shape index (κ2) is 10.3. The number of nitrogens with zero attached hydrogens (tertiary/aromatic N) is 3. The van der Waals surface area contributed by atoms with Gasteiger partial charge in [0.05, 0.1) is 37.3 Å². The zero-order valence-electron chi connectivity index (χ0n) is 21.8. The van der Waals surface area contributed by atoms with E-state index in [4.69, 9.17) is 21.4 Å². The van der Waals surface area contributed by atoms with Gasteiger partial charge in [0.2, 0.25) is 5.91 Å². The number of ether oxygens (including phenoxy) is 1. The molecule has 1 aliphatic rings. The van der Waals surface area contributed by atoms with Gasteiger partial charge >= 0.3 is 0 Å². The van der Waals surface area contributed by atoms with Crippen LogP contribution in [0.1, 0.15) is 50.0 Å². The Morgan fingerprint density at radius 2 is 2.00 bits per heavy atom. The Morgan fingerprint density at radius 1 is 1.16 bits per heavy atom. The number of pyridine rings is 1. The van der Waals surface area contributed by atoms with Crippen molar-refractivity contribution in [1.82, 2.24) is 14.9 Å². The van der Waals surface area contributed by atoms with Crippen LogP contribution in [0.3, 0.4) is 0 Å². The molecule has 1 saturated heterocycles. The van der Waals surface area contributed by atoms with Crippen molar-refractivity contribution >= 4 is 34.6 Å². The third kappa shape index (κ3) is 5.02. The molecule has 196 valence electrons. The van der Waals surface area contributed by atoms with Crippen molar-refractivity contribution in [3.05, 3.63) is 96.5 Å². The second-order valence-electron chi connectivity index (χ2n) is 10.2. The summed E-state index contributed by atoms with van der Waals surface area (Å²) in [7, 11) is 1.59.